The Morgan fingerprint density at radius 3 is 2.14 bits per heavy atom. The number of para-hydroxylation sites is 1. The van der Waals surface area contributed by atoms with Crippen LogP contribution in [0.15, 0.2) is 54.6 Å². The van der Waals surface area contributed by atoms with Crippen LogP contribution < -0.4 is 10.2 Å². The fourth-order valence-electron chi connectivity index (χ4n) is 5.98. The Morgan fingerprint density at radius 1 is 0.771 bits per heavy atom. The molecule has 3 fully saturated rings. The normalized spacial score (nSPS) is 20.2. The molecule has 2 amide bonds. The van der Waals surface area contributed by atoms with E-state index in [1.807, 2.05) is 53.4 Å². The number of piperazine rings is 1. The first-order chi connectivity index (χ1) is 17.2. The third kappa shape index (κ3) is 5.87. The van der Waals surface area contributed by atoms with Crippen LogP contribution in [0.25, 0.3) is 0 Å². The minimum atomic E-state index is 0.0852. The van der Waals surface area contributed by atoms with E-state index in [1.165, 1.54) is 25.7 Å². The second-order valence-corrected chi connectivity index (χ2v) is 10.3. The molecule has 2 saturated heterocycles. The van der Waals surface area contributed by atoms with Crippen molar-refractivity contribution >= 4 is 17.5 Å². The van der Waals surface area contributed by atoms with E-state index in [2.05, 4.69) is 21.2 Å². The summed E-state index contributed by atoms with van der Waals surface area (Å²) < 4.78 is 0. The first-order valence-electron chi connectivity index (χ1n) is 13.4. The van der Waals surface area contributed by atoms with Crippen molar-refractivity contribution in [2.45, 2.75) is 57.0 Å². The maximum absolute atomic E-state index is 13.5. The van der Waals surface area contributed by atoms with Crippen LogP contribution in [0.2, 0.25) is 0 Å². The number of amides is 2. The number of hydrogen-bond acceptors (Lipinski definition) is 4. The number of anilines is 1. The topological polar surface area (TPSA) is 55.9 Å². The predicted molar refractivity (Wildman–Crippen MR) is 140 cm³/mol. The van der Waals surface area contributed by atoms with E-state index >= 15 is 0 Å². The Labute approximate surface area is 209 Å². The highest BCUT2D eigenvalue weighted by Crippen LogP contribution is 2.28. The molecule has 6 heteroatoms. The first kappa shape index (κ1) is 23.9. The number of piperidine rings is 1. The minimum absolute atomic E-state index is 0.0852. The third-order valence-electron chi connectivity index (χ3n) is 7.99. The van der Waals surface area contributed by atoms with Gasteiger partial charge in [-0.05, 0) is 43.4 Å². The molecule has 5 rings (SSSR count). The van der Waals surface area contributed by atoms with Gasteiger partial charge in [0.1, 0.15) is 0 Å². The van der Waals surface area contributed by atoms with Crippen molar-refractivity contribution in [3.63, 3.8) is 0 Å². The van der Waals surface area contributed by atoms with Crippen molar-refractivity contribution in [3.05, 3.63) is 65.7 Å². The number of rotatable bonds is 6. The SMILES string of the molecule is O=C(Cc1ccccc1)NC1CCN(c2ccccc2C(=O)N2CCN(C3CCCC3)CC2)CC1. The van der Waals surface area contributed by atoms with Gasteiger partial charge in [-0.1, -0.05) is 55.3 Å². The van der Waals surface area contributed by atoms with Gasteiger partial charge >= 0.3 is 0 Å². The molecule has 1 aliphatic carbocycles. The van der Waals surface area contributed by atoms with Gasteiger partial charge < -0.3 is 15.1 Å². The van der Waals surface area contributed by atoms with Crippen LogP contribution in [0, 0.1) is 0 Å². The number of carbonyl (C=O) groups excluding carboxylic acids is 2. The molecule has 1 N–H and O–H groups in total. The summed E-state index contributed by atoms with van der Waals surface area (Å²) in [6.07, 6.45) is 7.55. The second-order valence-electron chi connectivity index (χ2n) is 10.3. The van der Waals surface area contributed by atoms with E-state index in [0.717, 1.165) is 75.0 Å². The Bertz CT molecular complexity index is 989. The van der Waals surface area contributed by atoms with Gasteiger partial charge in [-0.15, -0.1) is 0 Å². The molecule has 2 aromatic rings. The second kappa shape index (κ2) is 11.3. The average molecular weight is 475 g/mol. The quantitative estimate of drug-likeness (QED) is 0.694. The highest BCUT2D eigenvalue weighted by molar-refractivity contribution is 6.00. The van der Waals surface area contributed by atoms with Crippen LogP contribution in [0.3, 0.4) is 0 Å². The summed E-state index contributed by atoms with van der Waals surface area (Å²) in [5.74, 6) is 0.243. The van der Waals surface area contributed by atoms with Crippen molar-refractivity contribution in [1.29, 1.82) is 0 Å². The summed E-state index contributed by atoms with van der Waals surface area (Å²) in [5.41, 5.74) is 2.89. The summed E-state index contributed by atoms with van der Waals surface area (Å²) in [5, 5.41) is 3.21. The van der Waals surface area contributed by atoms with Crippen molar-refractivity contribution in [1.82, 2.24) is 15.1 Å². The lowest BCUT2D eigenvalue weighted by atomic mass is 10.0. The van der Waals surface area contributed by atoms with Crippen LogP contribution in [-0.2, 0) is 11.2 Å². The lowest BCUT2D eigenvalue weighted by Crippen LogP contribution is -2.51. The lowest BCUT2D eigenvalue weighted by molar-refractivity contribution is -0.121. The Hall–Kier alpha value is -2.86. The molecule has 2 aromatic carbocycles. The molecule has 0 unspecified atom stereocenters. The summed E-state index contributed by atoms with van der Waals surface area (Å²) in [4.78, 5) is 32.9. The van der Waals surface area contributed by atoms with Crippen LogP contribution in [0.1, 0.15) is 54.4 Å². The molecule has 1 saturated carbocycles. The number of hydrogen-bond donors (Lipinski definition) is 1. The van der Waals surface area contributed by atoms with E-state index < -0.39 is 0 Å². The van der Waals surface area contributed by atoms with Crippen molar-refractivity contribution in [2.75, 3.05) is 44.2 Å². The molecule has 0 atom stereocenters. The Balaban J connectivity index is 1.14. The van der Waals surface area contributed by atoms with Crippen LogP contribution in [0.5, 0.6) is 0 Å². The maximum Gasteiger partial charge on any atom is 0.256 e. The van der Waals surface area contributed by atoms with E-state index in [4.69, 9.17) is 0 Å². The molecular formula is C29H38N4O2. The highest BCUT2D eigenvalue weighted by Gasteiger charge is 2.30. The van der Waals surface area contributed by atoms with Crippen molar-refractivity contribution < 1.29 is 9.59 Å². The Kier molecular flexibility index (Phi) is 7.67. The molecular weight excluding hydrogens is 436 g/mol. The van der Waals surface area contributed by atoms with Crippen LogP contribution in [0.4, 0.5) is 5.69 Å². The fourth-order valence-corrected chi connectivity index (χ4v) is 5.98. The molecule has 35 heavy (non-hydrogen) atoms. The van der Waals surface area contributed by atoms with Gasteiger partial charge in [0.15, 0.2) is 0 Å². The average Bonchev–Trinajstić information content (AvgIpc) is 3.45. The maximum atomic E-state index is 13.5. The minimum Gasteiger partial charge on any atom is -0.371 e. The fraction of sp³-hybridized carbons (Fsp3) is 0.517. The van der Waals surface area contributed by atoms with Gasteiger partial charge in [0.05, 0.1) is 12.0 Å². The van der Waals surface area contributed by atoms with E-state index in [-0.39, 0.29) is 17.9 Å². The predicted octanol–water partition coefficient (Wildman–Crippen LogP) is 3.71. The van der Waals surface area contributed by atoms with Gasteiger partial charge in [-0.2, -0.15) is 0 Å². The zero-order chi connectivity index (χ0) is 24.0. The van der Waals surface area contributed by atoms with Gasteiger partial charge in [0, 0.05) is 57.0 Å². The molecule has 186 valence electrons. The van der Waals surface area contributed by atoms with Gasteiger partial charge in [-0.3, -0.25) is 14.5 Å². The molecule has 3 aliphatic rings. The molecule has 0 radical (unpaired) electrons. The molecule has 2 heterocycles. The Morgan fingerprint density at radius 2 is 1.43 bits per heavy atom. The number of nitrogens with zero attached hydrogens (tertiary/aromatic N) is 3. The number of nitrogens with one attached hydrogen (secondary N) is 1. The van der Waals surface area contributed by atoms with Gasteiger partial charge in [0.25, 0.3) is 5.91 Å². The van der Waals surface area contributed by atoms with Gasteiger partial charge in [-0.25, -0.2) is 0 Å². The summed E-state index contributed by atoms with van der Waals surface area (Å²) in [6.45, 7) is 5.31. The largest absolute Gasteiger partial charge is 0.371 e. The standard InChI is InChI=1S/C29H38N4O2/c34-28(22-23-8-2-1-3-9-23)30-24-14-16-32(17-15-24)27-13-7-6-12-26(27)29(35)33-20-18-31(19-21-33)25-10-4-5-11-25/h1-3,6-9,12-13,24-25H,4-5,10-11,14-22H2,(H,30,34). The smallest absolute Gasteiger partial charge is 0.256 e. The van der Waals surface area contributed by atoms with Crippen molar-refractivity contribution in [3.8, 4) is 0 Å². The monoisotopic (exact) mass is 474 g/mol. The van der Waals surface area contributed by atoms with E-state index in [9.17, 15) is 9.59 Å². The number of carbonyl (C=O) groups is 2. The zero-order valence-corrected chi connectivity index (χ0v) is 20.7. The van der Waals surface area contributed by atoms with Crippen LogP contribution >= 0.6 is 0 Å². The summed E-state index contributed by atoms with van der Waals surface area (Å²) >= 11 is 0. The summed E-state index contributed by atoms with van der Waals surface area (Å²) in [6, 6.07) is 18.9. The summed E-state index contributed by atoms with van der Waals surface area (Å²) in [7, 11) is 0. The zero-order valence-electron chi connectivity index (χ0n) is 20.7. The molecule has 0 aromatic heterocycles. The molecule has 0 spiro atoms. The molecule has 0 bridgehead atoms. The molecule has 6 nitrogen and oxygen atoms in total. The first-order valence-corrected chi connectivity index (χ1v) is 13.4. The number of benzene rings is 2. The van der Waals surface area contributed by atoms with Crippen molar-refractivity contribution in [2.24, 2.45) is 0 Å². The van der Waals surface area contributed by atoms with Crippen LogP contribution in [-0.4, -0.2) is 73.0 Å². The highest BCUT2D eigenvalue weighted by atomic mass is 16.2. The molecule has 2 aliphatic heterocycles. The van der Waals surface area contributed by atoms with Gasteiger partial charge in [0.2, 0.25) is 5.91 Å². The third-order valence-corrected chi connectivity index (χ3v) is 7.99. The lowest BCUT2D eigenvalue weighted by Gasteiger charge is -2.39. The van der Waals surface area contributed by atoms with E-state index in [1.54, 1.807) is 0 Å². The van der Waals surface area contributed by atoms with E-state index in [0.29, 0.717) is 6.42 Å².